The van der Waals surface area contributed by atoms with Crippen molar-refractivity contribution < 1.29 is 9.90 Å². The number of rotatable bonds is 13. The van der Waals surface area contributed by atoms with Gasteiger partial charge in [-0.2, -0.15) is 0 Å². The van der Waals surface area contributed by atoms with Gasteiger partial charge in [-0.25, -0.2) is 0 Å². The van der Waals surface area contributed by atoms with E-state index >= 15 is 0 Å². The number of carboxylic acid groups (broad SMARTS) is 1. The molecule has 0 bridgehead atoms. The summed E-state index contributed by atoms with van der Waals surface area (Å²) in [6, 6.07) is 0. The van der Waals surface area contributed by atoms with Gasteiger partial charge in [0.05, 0.1) is 0 Å². The SMILES string of the molecule is CCCCCCCCC(CCCCC)CC(=O)O. The predicted octanol–water partition coefficient (Wildman–Crippen LogP) is 5.41. The quantitative estimate of drug-likeness (QED) is 0.447. The van der Waals surface area contributed by atoms with Crippen LogP contribution >= 0.6 is 0 Å². The lowest BCUT2D eigenvalue weighted by molar-refractivity contribution is -0.138. The number of hydrogen-bond acceptors (Lipinski definition) is 1. The van der Waals surface area contributed by atoms with Gasteiger partial charge in [-0.05, 0) is 18.8 Å². The Morgan fingerprint density at radius 1 is 0.833 bits per heavy atom. The summed E-state index contributed by atoms with van der Waals surface area (Å²) in [5.41, 5.74) is 0. The molecule has 108 valence electrons. The predicted molar refractivity (Wildman–Crippen MR) is 77.9 cm³/mol. The van der Waals surface area contributed by atoms with Gasteiger partial charge in [0.2, 0.25) is 0 Å². The van der Waals surface area contributed by atoms with E-state index in [0.717, 1.165) is 12.8 Å². The van der Waals surface area contributed by atoms with Crippen molar-refractivity contribution in [3.05, 3.63) is 0 Å². The van der Waals surface area contributed by atoms with E-state index in [1.807, 2.05) is 0 Å². The fraction of sp³-hybridized carbons (Fsp3) is 0.938. The molecule has 0 aliphatic heterocycles. The lowest BCUT2D eigenvalue weighted by Crippen LogP contribution is -2.08. The van der Waals surface area contributed by atoms with Crippen LogP contribution in [-0.4, -0.2) is 11.1 Å². The minimum Gasteiger partial charge on any atom is -0.481 e. The monoisotopic (exact) mass is 256 g/mol. The van der Waals surface area contributed by atoms with Gasteiger partial charge in [-0.3, -0.25) is 4.79 Å². The Hall–Kier alpha value is -0.530. The fourth-order valence-electron chi connectivity index (χ4n) is 2.49. The third-order valence-electron chi connectivity index (χ3n) is 3.65. The number of unbranched alkanes of at least 4 members (excludes halogenated alkanes) is 7. The Morgan fingerprint density at radius 2 is 1.28 bits per heavy atom. The summed E-state index contributed by atoms with van der Waals surface area (Å²) >= 11 is 0. The van der Waals surface area contributed by atoms with Gasteiger partial charge >= 0.3 is 5.97 Å². The zero-order chi connectivity index (χ0) is 13.6. The zero-order valence-corrected chi connectivity index (χ0v) is 12.4. The molecule has 1 unspecified atom stereocenters. The molecule has 0 aliphatic rings. The molecule has 0 aliphatic carbocycles. The number of hydrogen-bond donors (Lipinski definition) is 1. The Bertz CT molecular complexity index is 190. The summed E-state index contributed by atoms with van der Waals surface area (Å²) in [4.78, 5) is 10.8. The first-order valence-corrected chi connectivity index (χ1v) is 7.92. The van der Waals surface area contributed by atoms with Crippen molar-refractivity contribution in [2.45, 2.75) is 90.9 Å². The van der Waals surface area contributed by atoms with E-state index in [-0.39, 0.29) is 0 Å². The topological polar surface area (TPSA) is 37.3 Å². The highest BCUT2D eigenvalue weighted by Crippen LogP contribution is 2.21. The second-order valence-corrected chi connectivity index (χ2v) is 5.52. The van der Waals surface area contributed by atoms with Crippen molar-refractivity contribution in [3.8, 4) is 0 Å². The maximum Gasteiger partial charge on any atom is 0.303 e. The minimum absolute atomic E-state index is 0.374. The van der Waals surface area contributed by atoms with Crippen LogP contribution in [0.1, 0.15) is 90.9 Å². The van der Waals surface area contributed by atoms with E-state index in [1.54, 1.807) is 0 Å². The molecule has 0 saturated heterocycles. The largest absolute Gasteiger partial charge is 0.481 e. The minimum atomic E-state index is -0.623. The Labute approximate surface area is 113 Å². The molecular weight excluding hydrogens is 224 g/mol. The summed E-state index contributed by atoms with van der Waals surface area (Å²) in [7, 11) is 0. The molecule has 1 N–H and O–H groups in total. The normalized spacial score (nSPS) is 12.6. The molecule has 0 spiro atoms. The molecule has 0 heterocycles. The standard InChI is InChI=1S/C16H32O2/c1-3-5-7-8-9-11-13-15(14-16(17)18)12-10-6-4-2/h15H,3-14H2,1-2H3,(H,17,18). The third-order valence-corrected chi connectivity index (χ3v) is 3.65. The first kappa shape index (κ1) is 17.5. The zero-order valence-electron chi connectivity index (χ0n) is 12.4. The second kappa shape index (κ2) is 12.9. The van der Waals surface area contributed by atoms with Crippen molar-refractivity contribution in [1.29, 1.82) is 0 Å². The van der Waals surface area contributed by atoms with Gasteiger partial charge in [0.15, 0.2) is 0 Å². The average Bonchev–Trinajstić information content (AvgIpc) is 2.33. The summed E-state index contributed by atoms with van der Waals surface area (Å²) in [5, 5.41) is 8.91. The van der Waals surface area contributed by atoms with Gasteiger partial charge in [-0.15, -0.1) is 0 Å². The number of carbonyl (C=O) groups is 1. The van der Waals surface area contributed by atoms with Crippen LogP contribution in [0.2, 0.25) is 0 Å². The van der Waals surface area contributed by atoms with Crippen molar-refractivity contribution in [2.24, 2.45) is 5.92 Å². The van der Waals surface area contributed by atoms with Crippen molar-refractivity contribution in [2.75, 3.05) is 0 Å². The Morgan fingerprint density at radius 3 is 1.83 bits per heavy atom. The number of aliphatic carboxylic acids is 1. The van der Waals surface area contributed by atoms with Crippen LogP contribution in [0.5, 0.6) is 0 Å². The van der Waals surface area contributed by atoms with Crippen LogP contribution in [0, 0.1) is 5.92 Å². The Kier molecular flexibility index (Phi) is 12.5. The molecule has 2 heteroatoms. The molecule has 0 fully saturated rings. The van der Waals surface area contributed by atoms with Gasteiger partial charge in [0, 0.05) is 6.42 Å². The average molecular weight is 256 g/mol. The van der Waals surface area contributed by atoms with Crippen LogP contribution in [0.3, 0.4) is 0 Å². The first-order valence-electron chi connectivity index (χ1n) is 7.92. The van der Waals surface area contributed by atoms with E-state index in [9.17, 15) is 4.79 Å². The molecule has 18 heavy (non-hydrogen) atoms. The van der Waals surface area contributed by atoms with Gasteiger partial charge in [-0.1, -0.05) is 71.6 Å². The highest BCUT2D eigenvalue weighted by Gasteiger charge is 2.12. The summed E-state index contributed by atoms with van der Waals surface area (Å²) in [6.45, 7) is 4.43. The maximum absolute atomic E-state index is 10.8. The summed E-state index contributed by atoms with van der Waals surface area (Å²) < 4.78 is 0. The van der Waals surface area contributed by atoms with Crippen LogP contribution in [0.15, 0.2) is 0 Å². The molecule has 0 aromatic carbocycles. The highest BCUT2D eigenvalue weighted by atomic mass is 16.4. The maximum atomic E-state index is 10.8. The molecule has 1 atom stereocenters. The van der Waals surface area contributed by atoms with E-state index < -0.39 is 5.97 Å². The molecule has 0 rings (SSSR count). The fourth-order valence-corrected chi connectivity index (χ4v) is 2.49. The van der Waals surface area contributed by atoms with Crippen LogP contribution in [-0.2, 0) is 4.79 Å². The third kappa shape index (κ3) is 11.9. The van der Waals surface area contributed by atoms with E-state index in [1.165, 1.54) is 57.8 Å². The van der Waals surface area contributed by atoms with Crippen molar-refractivity contribution in [3.63, 3.8) is 0 Å². The summed E-state index contributed by atoms with van der Waals surface area (Å²) in [6.07, 6.45) is 14.0. The first-order chi connectivity index (χ1) is 8.70. The van der Waals surface area contributed by atoms with Gasteiger partial charge < -0.3 is 5.11 Å². The van der Waals surface area contributed by atoms with Gasteiger partial charge in [0.1, 0.15) is 0 Å². The summed E-state index contributed by atoms with van der Waals surface area (Å²) in [5.74, 6) is -0.206. The van der Waals surface area contributed by atoms with E-state index in [0.29, 0.717) is 12.3 Å². The van der Waals surface area contributed by atoms with Gasteiger partial charge in [0.25, 0.3) is 0 Å². The molecule has 0 aromatic heterocycles. The van der Waals surface area contributed by atoms with E-state index in [4.69, 9.17) is 5.11 Å². The molecule has 2 nitrogen and oxygen atoms in total. The highest BCUT2D eigenvalue weighted by molar-refractivity contribution is 5.66. The second-order valence-electron chi connectivity index (χ2n) is 5.52. The molecule has 0 saturated carbocycles. The van der Waals surface area contributed by atoms with Crippen LogP contribution in [0.25, 0.3) is 0 Å². The van der Waals surface area contributed by atoms with Crippen LogP contribution < -0.4 is 0 Å². The molecular formula is C16H32O2. The lowest BCUT2D eigenvalue weighted by atomic mass is 9.92. The van der Waals surface area contributed by atoms with Crippen molar-refractivity contribution in [1.82, 2.24) is 0 Å². The molecule has 0 amide bonds. The molecule has 0 aromatic rings. The Balaban J connectivity index is 3.61. The van der Waals surface area contributed by atoms with E-state index in [2.05, 4.69) is 13.8 Å². The lowest BCUT2D eigenvalue weighted by Gasteiger charge is -2.14. The van der Waals surface area contributed by atoms with Crippen LogP contribution in [0.4, 0.5) is 0 Å². The molecule has 0 radical (unpaired) electrons. The smallest absolute Gasteiger partial charge is 0.303 e. The number of carboxylic acids is 1. The van der Waals surface area contributed by atoms with Crippen molar-refractivity contribution >= 4 is 5.97 Å².